The van der Waals surface area contributed by atoms with E-state index in [-0.39, 0.29) is 5.91 Å². The molecule has 0 aliphatic carbocycles. The fourth-order valence-electron chi connectivity index (χ4n) is 2.09. The molecule has 1 aromatic rings. The molecule has 0 atom stereocenters. The van der Waals surface area contributed by atoms with Gasteiger partial charge in [-0.2, -0.15) is 0 Å². The summed E-state index contributed by atoms with van der Waals surface area (Å²) >= 11 is 0. The molecule has 1 aromatic carbocycles. The number of methoxy groups -OCH3 is 1. The highest BCUT2D eigenvalue weighted by molar-refractivity contribution is 5.96. The molecule has 0 fully saturated rings. The molecule has 0 radical (unpaired) electrons. The molecule has 0 saturated carbocycles. The van der Waals surface area contributed by atoms with Crippen molar-refractivity contribution in [2.24, 2.45) is 0 Å². The summed E-state index contributed by atoms with van der Waals surface area (Å²) in [4.78, 5) is 11.8. The highest BCUT2D eigenvalue weighted by Crippen LogP contribution is 2.33. The second-order valence-electron chi connectivity index (χ2n) is 4.76. The predicted molar refractivity (Wildman–Crippen MR) is 88.9 cm³/mol. The molecular weight excluding hydrogens is 282 g/mol. The summed E-state index contributed by atoms with van der Waals surface area (Å²) in [6.45, 7) is 4.71. The van der Waals surface area contributed by atoms with Crippen molar-refractivity contribution in [3.05, 3.63) is 23.3 Å². The number of amides is 1. The Labute approximate surface area is 133 Å². The van der Waals surface area contributed by atoms with Crippen molar-refractivity contribution in [1.29, 1.82) is 0 Å². The zero-order valence-corrected chi connectivity index (χ0v) is 14.4. The number of carbonyl (C=O) groups excluding carboxylic acids is 1. The number of benzene rings is 1. The lowest BCUT2D eigenvalue weighted by Gasteiger charge is -2.15. The molecule has 0 aromatic heterocycles. The van der Waals surface area contributed by atoms with Gasteiger partial charge >= 0.3 is 0 Å². The number of hydrogen-bond acceptors (Lipinski definition) is 4. The van der Waals surface area contributed by atoms with Crippen molar-refractivity contribution in [2.45, 2.75) is 39.5 Å². The van der Waals surface area contributed by atoms with Gasteiger partial charge in [-0.15, -0.1) is 0 Å². The van der Waals surface area contributed by atoms with Crippen molar-refractivity contribution in [3.63, 3.8) is 0 Å². The molecule has 0 aliphatic rings. The Morgan fingerprint density at radius 2 is 1.91 bits per heavy atom. The number of rotatable bonds is 8. The van der Waals surface area contributed by atoms with Crippen LogP contribution in [-0.4, -0.2) is 38.9 Å². The van der Waals surface area contributed by atoms with E-state index in [0.29, 0.717) is 23.7 Å². The number of ether oxygens (including phenoxy) is 2. The maximum absolute atomic E-state index is 11.8. The van der Waals surface area contributed by atoms with Gasteiger partial charge in [0.05, 0.1) is 13.7 Å². The third-order valence-corrected chi connectivity index (χ3v) is 3.31. The van der Waals surface area contributed by atoms with Crippen LogP contribution in [0.2, 0.25) is 0 Å². The van der Waals surface area contributed by atoms with E-state index < -0.39 is 0 Å². The first-order valence-electron chi connectivity index (χ1n) is 7.62. The Bertz CT molecular complexity index is 447. The third kappa shape index (κ3) is 5.93. The molecule has 0 bridgehead atoms. The lowest BCUT2D eigenvalue weighted by atomic mass is 10.1. The first-order chi connectivity index (χ1) is 10.7. The monoisotopic (exact) mass is 311 g/mol. The van der Waals surface area contributed by atoms with E-state index in [1.807, 2.05) is 6.92 Å². The molecular formula is C17H29NO4. The summed E-state index contributed by atoms with van der Waals surface area (Å²) in [5.41, 5.74) is 1.44. The van der Waals surface area contributed by atoms with Gasteiger partial charge < -0.3 is 19.9 Å². The van der Waals surface area contributed by atoms with E-state index in [0.717, 1.165) is 25.5 Å². The molecule has 1 rings (SSSR count). The quantitative estimate of drug-likeness (QED) is 0.724. The standard InChI is InChI=1S/C16H25NO3.CH4O/c1-5-6-7-8-11-20-15-12(2)13(16(18)17-3)9-10-14(15)19-4;1-2/h9-10H,5-8,11H2,1-4H3,(H,17,18);2H,1H3. The Balaban J connectivity index is 0.00000211. The summed E-state index contributed by atoms with van der Waals surface area (Å²) in [5.74, 6) is 1.23. The van der Waals surface area contributed by atoms with Crippen LogP contribution in [0, 0.1) is 6.92 Å². The van der Waals surface area contributed by atoms with Crippen molar-refractivity contribution in [2.75, 3.05) is 27.9 Å². The van der Waals surface area contributed by atoms with Crippen LogP contribution in [0.4, 0.5) is 0 Å². The first-order valence-corrected chi connectivity index (χ1v) is 7.62. The predicted octanol–water partition coefficient (Wildman–Crippen LogP) is 2.93. The summed E-state index contributed by atoms with van der Waals surface area (Å²) < 4.78 is 11.2. The summed E-state index contributed by atoms with van der Waals surface area (Å²) in [6, 6.07) is 3.54. The maximum Gasteiger partial charge on any atom is 0.251 e. The lowest BCUT2D eigenvalue weighted by molar-refractivity contribution is 0.0962. The number of unbranched alkanes of at least 4 members (excludes halogenated alkanes) is 3. The van der Waals surface area contributed by atoms with Crippen LogP contribution in [0.25, 0.3) is 0 Å². The zero-order chi connectivity index (χ0) is 17.0. The normalized spacial score (nSPS) is 9.55. The molecule has 5 nitrogen and oxygen atoms in total. The Morgan fingerprint density at radius 1 is 1.23 bits per heavy atom. The van der Waals surface area contributed by atoms with E-state index >= 15 is 0 Å². The Morgan fingerprint density at radius 3 is 2.45 bits per heavy atom. The molecule has 0 aliphatic heterocycles. The van der Waals surface area contributed by atoms with Crippen LogP contribution < -0.4 is 14.8 Å². The van der Waals surface area contributed by atoms with Gasteiger partial charge in [0.2, 0.25) is 0 Å². The van der Waals surface area contributed by atoms with Crippen LogP contribution in [0.5, 0.6) is 11.5 Å². The molecule has 0 unspecified atom stereocenters. The summed E-state index contributed by atoms with van der Waals surface area (Å²) in [6.07, 6.45) is 4.60. The molecule has 1 amide bonds. The summed E-state index contributed by atoms with van der Waals surface area (Å²) in [5, 5.41) is 9.64. The van der Waals surface area contributed by atoms with E-state index in [1.165, 1.54) is 12.8 Å². The largest absolute Gasteiger partial charge is 0.493 e. The number of carbonyl (C=O) groups is 1. The Kier molecular flexibility index (Phi) is 10.9. The number of aliphatic hydroxyl groups is 1. The molecule has 5 heteroatoms. The third-order valence-electron chi connectivity index (χ3n) is 3.31. The first kappa shape index (κ1) is 20.2. The maximum atomic E-state index is 11.8. The van der Waals surface area contributed by atoms with Gasteiger partial charge in [0.25, 0.3) is 5.91 Å². The molecule has 2 N–H and O–H groups in total. The number of hydrogen-bond donors (Lipinski definition) is 2. The molecule has 22 heavy (non-hydrogen) atoms. The topological polar surface area (TPSA) is 67.8 Å². The van der Waals surface area contributed by atoms with E-state index in [4.69, 9.17) is 14.6 Å². The average Bonchev–Trinajstić information content (AvgIpc) is 2.56. The fourth-order valence-corrected chi connectivity index (χ4v) is 2.09. The molecule has 0 heterocycles. The van der Waals surface area contributed by atoms with E-state index in [1.54, 1.807) is 26.3 Å². The van der Waals surface area contributed by atoms with Crippen LogP contribution in [-0.2, 0) is 0 Å². The number of aliphatic hydroxyl groups excluding tert-OH is 1. The molecule has 0 spiro atoms. The fraction of sp³-hybridized carbons (Fsp3) is 0.588. The van der Waals surface area contributed by atoms with Crippen LogP contribution in [0.15, 0.2) is 12.1 Å². The van der Waals surface area contributed by atoms with Crippen molar-refractivity contribution < 1.29 is 19.4 Å². The van der Waals surface area contributed by atoms with Crippen LogP contribution in [0.1, 0.15) is 48.5 Å². The van der Waals surface area contributed by atoms with Crippen molar-refractivity contribution >= 4 is 5.91 Å². The minimum Gasteiger partial charge on any atom is -0.493 e. The van der Waals surface area contributed by atoms with Gasteiger partial charge in [0.1, 0.15) is 0 Å². The second kappa shape index (κ2) is 11.9. The van der Waals surface area contributed by atoms with Gasteiger partial charge in [0, 0.05) is 25.3 Å². The zero-order valence-electron chi connectivity index (χ0n) is 14.4. The van der Waals surface area contributed by atoms with Crippen molar-refractivity contribution in [1.82, 2.24) is 5.32 Å². The lowest BCUT2D eigenvalue weighted by Crippen LogP contribution is -2.19. The highest BCUT2D eigenvalue weighted by atomic mass is 16.5. The minimum atomic E-state index is -0.110. The van der Waals surface area contributed by atoms with Crippen LogP contribution in [0.3, 0.4) is 0 Å². The minimum absolute atomic E-state index is 0.110. The van der Waals surface area contributed by atoms with E-state index in [2.05, 4.69) is 12.2 Å². The highest BCUT2D eigenvalue weighted by Gasteiger charge is 2.16. The van der Waals surface area contributed by atoms with E-state index in [9.17, 15) is 4.79 Å². The average molecular weight is 311 g/mol. The van der Waals surface area contributed by atoms with Gasteiger partial charge in [-0.3, -0.25) is 4.79 Å². The SMILES string of the molecule is CCCCCCOc1c(OC)ccc(C(=O)NC)c1C.CO. The Hall–Kier alpha value is -1.75. The van der Waals surface area contributed by atoms with Gasteiger partial charge in [-0.25, -0.2) is 0 Å². The molecule has 126 valence electrons. The van der Waals surface area contributed by atoms with Crippen molar-refractivity contribution in [3.8, 4) is 11.5 Å². The molecule has 0 saturated heterocycles. The van der Waals surface area contributed by atoms with Gasteiger partial charge in [-0.1, -0.05) is 26.2 Å². The number of nitrogens with one attached hydrogen (secondary N) is 1. The smallest absolute Gasteiger partial charge is 0.251 e. The summed E-state index contributed by atoms with van der Waals surface area (Å²) in [7, 11) is 4.23. The van der Waals surface area contributed by atoms with Crippen LogP contribution >= 0.6 is 0 Å². The second-order valence-corrected chi connectivity index (χ2v) is 4.76. The van der Waals surface area contributed by atoms with Gasteiger partial charge in [-0.05, 0) is 25.5 Å². The van der Waals surface area contributed by atoms with Gasteiger partial charge in [0.15, 0.2) is 11.5 Å².